The molecular weight excluding hydrogens is 218 g/mol. The Morgan fingerprint density at radius 2 is 2.18 bits per heavy atom. The van der Waals surface area contributed by atoms with E-state index in [9.17, 15) is 4.79 Å². The summed E-state index contributed by atoms with van der Waals surface area (Å²) in [5, 5.41) is 12.6. The van der Waals surface area contributed by atoms with Crippen molar-refractivity contribution in [2.45, 2.75) is 32.3 Å². The van der Waals surface area contributed by atoms with Crippen molar-refractivity contribution in [3.8, 4) is 0 Å². The van der Waals surface area contributed by atoms with E-state index in [-0.39, 0.29) is 12.5 Å². The molecular formula is C13H15NO3. The molecule has 0 spiro atoms. The monoisotopic (exact) mass is 233 g/mol. The van der Waals surface area contributed by atoms with Crippen LogP contribution in [0.1, 0.15) is 30.9 Å². The van der Waals surface area contributed by atoms with E-state index < -0.39 is 5.97 Å². The molecule has 0 saturated heterocycles. The molecule has 0 aliphatic carbocycles. The Bertz CT molecular complexity index is 436. The van der Waals surface area contributed by atoms with Crippen molar-refractivity contribution in [2.24, 2.45) is 5.16 Å². The van der Waals surface area contributed by atoms with Crippen molar-refractivity contribution in [2.75, 3.05) is 0 Å². The molecule has 1 aliphatic rings. The Morgan fingerprint density at radius 3 is 2.76 bits per heavy atom. The molecule has 1 atom stereocenters. The van der Waals surface area contributed by atoms with Gasteiger partial charge in [-0.05, 0) is 17.5 Å². The van der Waals surface area contributed by atoms with Gasteiger partial charge in [-0.15, -0.1) is 0 Å². The van der Waals surface area contributed by atoms with E-state index in [4.69, 9.17) is 9.94 Å². The SMILES string of the molecule is CCc1ccc(C2=NOC(CC(=O)O)C2)cc1. The van der Waals surface area contributed by atoms with E-state index in [0.717, 1.165) is 17.7 Å². The second kappa shape index (κ2) is 4.99. The average molecular weight is 233 g/mol. The highest BCUT2D eigenvalue weighted by Gasteiger charge is 2.24. The van der Waals surface area contributed by atoms with Crippen molar-refractivity contribution in [3.63, 3.8) is 0 Å². The molecule has 90 valence electrons. The van der Waals surface area contributed by atoms with Crippen LogP contribution >= 0.6 is 0 Å². The number of benzene rings is 1. The molecule has 0 saturated carbocycles. The first-order valence-electron chi connectivity index (χ1n) is 5.73. The summed E-state index contributed by atoms with van der Waals surface area (Å²) in [5.74, 6) is -0.854. The lowest BCUT2D eigenvalue weighted by molar-refractivity contribution is -0.139. The second-order valence-electron chi connectivity index (χ2n) is 4.12. The number of hydrogen-bond acceptors (Lipinski definition) is 3. The smallest absolute Gasteiger partial charge is 0.307 e. The molecule has 0 bridgehead atoms. The van der Waals surface area contributed by atoms with Gasteiger partial charge in [-0.25, -0.2) is 0 Å². The number of oxime groups is 1. The van der Waals surface area contributed by atoms with Crippen molar-refractivity contribution < 1.29 is 14.7 Å². The first-order chi connectivity index (χ1) is 8.19. The summed E-state index contributed by atoms with van der Waals surface area (Å²) in [6, 6.07) is 8.12. The van der Waals surface area contributed by atoms with Gasteiger partial charge in [0, 0.05) is 6.42 Å². The van der Waals surface area contributed by atoms with Gasteiger partial charge in [0.25, 0.3) is 0 Å². The minimum absolute atomic E-state index is 0.0000432. The number of nitrogens with zero attached hydrogens (tertiary/aromatic N) is 1. The lowest BCUT2D eigenvalue weighted by Gasteiger charge is -2.03. The van der Waals surface area contributed by atoms with Crippen LogP contribution in [0.5, 0.6) is 0 Å². The lowest BCUT2D eigenvalue weighted by atomic mass is 10.0. The van der Waals surface area contributed by atoms with Gasteiger partial charge in [0.2, 0.25) is 0 Å². The third kappa shape index (κ3) is 2.84. The zero-order chi connectivity index (χ0) is 12.3. The molecule has 0 amide bonds. The number of carboxylic acid groups (broad SMARTS) is 1. The van der Waals surface area contributed by atoms with Crippen LogP contribution < -0.4 is 0 Å². The van der Waals surface area contributed by atoms with Gasteiger partial charge in [-0.3, -0.25) is 4.79 Å². The predicted octanol–water partition coefficient (Wildman–Crippen LogP) is 2.22. The fourth-order valence-electron chi connectivity index (χ4n) is 1.84. The molecule has 1 aromatic rings. The summed E-state index contributed by atoms with van der Waals surface area (Å²) >= 11 is 0. The van der Waals surface area contributed by atoms with Gasteiger partial charge >= 0.3 is 5.97 Å². The Kier molecular flexibility index (Phi) is 3.42. The Hall–Kier alpha value is -1.84. The van der Waals surface area contributed by atoms with Crippen LogP contribution in [0.3, 0.4) is 0 Å². The molecule has 1 N–H and O–H groups in total. The molecule has 1 heterocycles. The normalized spacial score (nSPS) is 18.6. The molecule has 0 aromatic heterocycles. The largest absolute Gasteiger partial charge is 0.481 e. The molecule has 1 unspecified atom stereocenters. The molecule has 1 aliphatic heterocycles. The van der Waals surface area contributed by atoms with Crippen molar-refractivity contribution in [1.82, 2.24) is 0 Å². The number of carboxylic acids is 1. The summed E-state index contributed by atoms with van der Waals surface area (Å²) in [7, 11) is 0. The molecule has 17 heavy (non-hydrogen) atoms. The van der Waals surface area contributed by atoms with E-state index in [1.54, 1.807) is 0 Å². The van der Waals surface area contributed by atoms with Crippen molar-refractivity contribution in [1.29, 1.82) is 0 Å². The standard InChI is InChI=1S/C13H15NO3/c1-2-9-3-5-10(6-4-9)12-7-11(17-14-12)8-13(15)16/h3-6,11H,2,7-8H2,1H3,(H,15,16). The molecule has 2 rings (SSSR count). The fourth-order valence-corrected chi connectivity index (χ4v) is 1.84. The van der Waals surface area contributed by atoms with E-state index in [1.807, 2.05) is 12.1 Å². The summed E-state index contributed by atoms with van der Waals surface area (Å²) in [6.45, 7) is 2.11. The second-order valence-corrected chi connectivity index (χ2v) is 4.12. The van der Waals surface area contributed by atoms with Crippen molar-refractivity contribution >= 4 is 11.7 Å². The molecule has 0 fully saturated rings. The van der Waals surface area contributed by atoms with Crippen LogP contribution in [0.4, 0.5) is 0 Å². The first-order valence-corrected chi connectivity index (χ1v) is 5.73. The maximum atomic E-state index is 10.6. The summed E-state index contributed by atoms with van der Waals surface area (Å²) < 4.78 is 0. The van der Waals surface area contributed by atoms with Gasteiger partial charge in [-0.1, -0.05) is 36.3 Å². The maximum absolute atomic E-state index is 10.6. The number of aryl methyl sites for hydroxylation is 1. The highest BCUT2D eigenvalue weighted by Crippen LogP contribution is 2.19. The van der Waals surface area contributed by atoms with Crippen LogP contribution in [0, 0.1) is 0 Å². The van der Waals surface area contributed by atoms with E-state index in [1.165, 1.54) is 5.56 Å². The zero-order valence-electron chi connectivity index (χ0n) is 9.72. The average Bonchev–Trinajstić information content (AvgIpc) is 2.77. The highest BCUT2D eigenvalue weighted by atomic mass is 16.6. The number of hydrogen-bond donors (Lipinski definition) is 1. The molecule has 4 nitrogen and oxygen atoms in total. The van der Waals surface area contributed by atoms with E-state index >= 15 is 0 Å². The summed E-state index contributed by atoms with van der Waals surface area (Å²) in [6.07, 6.45) is 1.25. The van der Waals surface area contributed by atoms with Gasteiger partial charge < -0.3 is 9.94 Å². The predicted molar refractivity (Wildman–Crippen MR) is 64.1 cm³/mol. The lowest BCUT2D eigenvalue weighted by Crippen LogP contribution is -2.13. The van der Waals surface area contributed by atoms with Crippen LogP contribution in [-0.4, -0.2) is 22.9 Å². The van der Waals surface area contributed by atoms with E-state index in [2.05, 4.69) is 24.2 Å². The molecule has 4 heteroatoms. The summed E-state index contributed by atoms with van der Waals surface area (Å²) in [5.41, 5.74) is 3.12. The molecule has 0 radical (unpaired) electrons. The van der Waals surface area contributed by atoms with Gasteiger partial charge in [-0.2, -0.15) is 0 Å². The third-order valence-corrected chi connectivity index (χ3v) is 2.83. The quantitative estimate of drug-likeness (QED) is 0.867. The zero-order valence-corrected chi connectivity index (χ0v) is 9.72. The fraction of sp³-hybridized carbons (Fsp3) is 0.385. The van der Waals surface area contributed by atoms with Gasteiger partial charge in [0.15, 0.2) is 0 Å². The van der Waals surface area contributed by atoms with Crippen LogP contribution in [0.15, 0.2) is 29.4 Å². The Labute approximate surface area is 99.9 Å². The Balaban J connectivity index is 2.02. The minimum Gasteiger partial charge on any atom is -0.481 e. The minimum atomic E-state index is -0.854. The van der Waals surface area contributed by atoms with Gasteiger partial charge in [0.05, 0.1) is 12.1 Å². The Morgan fingerprint density at radius 1 is 1.47 bits per heavy atom. The van der Waals surface area contributed by atoms with Crippen LogP contribution in [0.25, 0.3) is 0 Å². The summed E-state index contributed by atoms with van der Waals surface area (Å²) in [4.78, 5) is 15.6. The topological polar surface area (TPSA) is 58.9 Å². The van der Waals surface area contributed by atoms with Crippen LogP contribution in [0.2, 0.25) is 0 Å². The number of aliphatic carboxylic acids is 1. The van der Waals surface area contributed by atoms with E-state index in [0.29, 0.717) is 6.42 Å². The molecule has 1 aromatic carbocycles. The highest BCUT2D eigenvalue weighted by molar-refractivity contribution is 6.01. The maximum Gasteiger partial charge on any atom is 0.307 e. The number of rotatable bonds is 4. The first kappa shape index (κ1) is 11.6. The van der Waals surface area contributed by atoms with Gasteiger partial charge in [0.1, 0.15) is 6.10 Å². The number of carbonyl (C=O) groups is 1. The third-order valence-electron chi connectivity index (χ3n) is 2.83. The van der Waals surface area contributed by atoms with Crippen molar-refractivity contribution in [3.05, 3.63) is 35.4 Å². The van der Waals surface area contributed by atoms with Crippen LogP contribution in [-0.2, 0) is 16.1 Å².